The molecule has 1 aliphatic rings. The maximum absolute atomic E-state index is 12.0. The molecule has 0 aliphatic carbocycles. The summed E-state index contributed by atoms with van der Waals surface area (Å²) in [6.07, 6.45) is 0.903. The lowest BCUT2D eigenvalue weighted by Crippen LogP contribution is -2.32. The average Bonchev–Trinajstić information content (AvgIpc) is 3.29. The summed E-state index contributed by atoms with van der Waals surface area (Å²) >= 11 is 0. The molecule has 1 aromatic heterocycles. The van der Waals surface area contributed by atoms with E-state index >= 15 is 0 Å². The van der Waals surface area contributed by atoms with Crippen molar-refractivity contribution in [1.82, 2.24) is 15.2 Å². The van der Waals surface area contributed by atoms with Crippen LogP contribution in [0.2, 0.25) is 0 Å². The van der Waals surface area contributed by atoms with Gasteiger partial charge in [-0.25, -0.2) is 4.98 Å². The molecule has 1 amide bonds. The van der Waals surface area contributed by atoms with E-state index in [0.717, 1.165) is 43.1 Å². The van der Waals surface area contributed by atoms with Crippen molar-refractivity contribution in [3.63, 3.8) is 0 Å². The van der Waals surface area contributed by atoms with E-state index in [-0.39, 0.29) is 11.8 Å². The Labute approximate surface area is 159 Å². The first-order valence-corrected chi connectivity index (χ1v) is 9.59. The smallest absolute Gasteiger partial charge is 0.226 e. The van der Waals surface area contributed by atoms with E-state index in [9.17, 15) is 4.79 Å². The molecule has 2 aromatic carbocycles. The third-order valence-electron chi connectivity index (χ3n) is 5.26. The fourth-order valence-electron chi connectivity index (χ4n) is 3.74. The summed E-state index contributed by atoms with van der Waals surface area (Å²) in [6, 6.07) is 14.5. The maximum Gasteiger partial charge on any atom is 0.226 e. The zero-order chi connectivity index (χ0) is 18.8. The number of benzene rings is 2. The van der Waals surface area contributed by atoms with Crippen molar-refractivity contribution >= 4 is 16.7 Å². The van der Waals surface area contributed by atoms with Gasteiger partial charge >= 0.3 is 0 Å². The number of aromatic nitrogens is 1. The number of nitrogens with zero attached hydrogens (tertiary/aromatic N) is 2. The van der Waals surface area contributed by atoms with Gasteiger partial charge in [-0.05, 0) is 49.7 Å². The molecular formula is C22H25N3O2. The molecule has 3 aromatic rings. The largest absolute Gasteiger partial charge is 0.441 e. The molecule has 5 nitrogen and oxygen atoms in total. The van der Waals surface area contributed by atoms with E-state index in [4.69, 9.17) is 9.40 Å². The van der Waals surface area contributed by atoms with Gasteiger partial charge in [-0.15, -0.1) is 0 Å². The SMILES string of the molecule is CCNC(=O)C1CCN(Cc2nc(-c3ccc4ccccc4c3)oc2C)C1. The Hall–Kier alpha value is -2.66. The molecule has 0 radical (unpaired) electrons. The normalized spacial score (nSPS) is 17.5. The van der Waals surface area contributed by atoms with E-state index in [1.807, 2.05) is 26.0 Å². The second-order valence-corrected chi connectivity index (χ2v) is 7.20. The zero-order valence-corrected chi connectivity index (χ0v) is 15.9. The summed E-state index contributed by atoms with van der Waals surface area (Å²) in [7, 11) is 0. The summed E-state index contributed by atoms with van der Waals surface area (Å²) in [5.74, 6) is 1.75. The molecule has 1 atom stereocenters. The van der Waals surface area contributed by atoms with Gasteiger partial charge in [0.05, 0.1) is 11.6 Å². The van der Waals surface area contributed by atoms with Gasteiger partial charge in [0.2, 0.25) is 11.8 Å². The van der Waals surface area contributed by atoms with Crippen LogP contribution in [-0.2, 0) is 11.3 Å². The molecule has 2 heterocycles. The molecule has 140 valence electrons. The van der Waals surface area contributed by atoms with Gasteiger partial charge in [-0.3, -0.25) is 9.69 Å². The number of oxazole rings is 1. The fraction of sp³-hybridized carbons (Fsp3) is 0.364. The summed E-state index contributed by atoms with van der Waals surface area (Å²) in [5, 5.41) is 5.31. The van der Waals surface area contributed by atoms with Crippen molar-refractivity contribution < 1.29 is 9.21 Å². The van der Waals surface area contributed by atoms with Gasteiger partial charge in [0.15, 0.2) is 0 Å². The Morgan fingerprint density at radius 2 is 2.07 bits per heavy atom. The quantitative estimate of drug-likeness (QED) is 0.750. The number of nitrogens with one attached hydrogen (secondary N) is 1. The monoisotopic (exact) mass is 363 g/mol. The second kappa shape index (κ2) is 7.53. The average molecular weight is 363 g/mol. The molecule has 27 heavy (non-hydrogen) atoms. The predicted octanol–water partition coefficient (Wildman–Crippen LogP) is 3.76. The van der Waals surface area contributed by atoms with Crippen LogP contribution in [0.1, 0.15) is 24.8 Å². The van der Waals surface area contributed by atoms with Gasteiger partial charge < -0.3 is 9.73 Å². The number of likely N-dealkylation sites (tertiary alicyclic amines) is 1. The van der Waals surface area contributed by atoms with Crippen LogP contribution in [0.4, 0.5) is 0 Å². The first kappa shape index (κ1) is 17.7. The highest BCUT2D eigenvalue weighted by atomic mass is 16.4. The molecule has 0 spiro atoms. The summed E-state index contributed by atoms with van der Waals surface area (Å²) < 4.78 is 5.96. The van der Waals surface area contributed by atoms with Crippen LogP contribution in [0, 0.1) is 12.8 Å². The molecule has 4 rings (SSSR count). The molecule has 1 fully saturated rings. The first-order chi connectivity index (χ1) is 13.1. The van der Waals surface area contributed by atoms with Gasteiger partial charge in [0.1, 0.15) is 5.76 Å². The number of hydrogen-bond acceptors (Lipinski definition) is 4. The predicted molar refractivity (Wildman–Crippen MR) is 106 cm³/mol. The van der Waals surface area contributed by atoms with Crippen LogP contribution in [0.3, 0.4) is 0 Å². The lowest BCUT2D eigenvalue weighted by molar-refractivity contribution is -0.124. The molecule has 0 saturated carbocycles. The topological polar surface area (TPSA) is 58.4 Å². The van der Waals surface area contributed by atoms with E-state index in [1.165, 1.54) is 10.8 Å². The minimum Gasteiger partial charge on any atom is -0.441 e. The van der Waals surface area contributed by atoms with Crippen molar-refractivity contribution in [1.29, 1.82) is 0 Å². The highest BCUT2D eigenvalue weighted by Crippen LogP contribution is 2.27. The Balaban J connectivity index is 1.49. The molecule has 1 saturated heterocycles. The van der Waals surface area contributed by atoms with Crippen molar-refractivity contribution in [2.45, 2.75) is 26.8 Å². The molecule has 1 N–H and O–H groups in total. The van der Waals surface area contributed by atoms with E-state index < -0.39 is 0 Å². The number of carbonyl (C=O) groups excluding carboxylic acids is 1. The summed E-state index contributed by atoms with van der Waals surface area (Å²) in [4.78, 5) is 19.1. The number of carbonyl (C=O) groups is 1. The number of rotatable bonds is 5. The number of hydrogen-bond donors (Lipinski definition) is 1. The Bertz CT molecular complexity index is 963. The standard InChI is InChI=1S/C22H25N3O2/c1-3-23-21(26)19-10-11-25(13-19)14-20-15(2)27-22(24-20)18-9-8-16-6-4-5-7-17(16)12-18/h4-9,12,19H,3,10-11,13-14H2,1-2H3,(H,23,26). The van der Waals surface area contributed by atoms with E-state index in [2.05, 4.69) is 40.5 Å². The maximum atomic E-state index is 12.0. The number of fused-ring (bicyclic) bond motifs is 1. The van der Waals surface area contributed by atoms with Gasteiger partial charge in [-0.2, -0.15) is 0 Å². The minimum atomic E-state index is 0.0807. The fourth-order valence-corrected chi connectivity index (χ4v) is 3.74. The third kappa shape index (κ3) is 3.74. The van der Waals surface area contributed by atoms with Crippen LogP contribution < -0.4 is 5.32 Å². The lowest BCUT2D eigenvalue weighted by Gasteiger charge is -2.14. The van der Waals surface area contributed by atoms with Gasteiger partial charge in [-0.1, -0.05) is 30.3 Å². The molecular weight excluding hydrogens is 338 g/mol. The molecule has 5 heteroatoms. The molecule has 1 unspecified atom stereocenters. The zero-order valence-electron chi connectivity index (χ0n) is 15.9. The van der Waals surface area contributed by atoms with Crippen LogP contribution in [-0.4, -0.2) is 35.4 Å². The van der Waals surface area contributed by atoms with Crippen LogP contribution in [0.25, 0.3) is 22.2 Å². The lowest BCUT2D eigenvalue weighted by atomic mass is 10.1. The highest BCUT2D eigenvalue weighted by molar-refractivity contribution is 5.86. The van der Waals surface area contributed by atoms with Gasteiger partial charge in [0.25, 0.3) is 0 Å². The van der Waals surface area contributed by atoms with Crippen molar-refractivity contribution in [2.24, 2.45) is 5.92 Å². The minimum absolute atomic E-state index is 0.0807. The first-order valence-electron chi connectivity index (χ1n) is 9.59. The molecule has 0 bridgehead atoms. The Kier molecular flexibility index (Phi) is 4.94. The molecule has 1 aliphatic heterocycles. The van der Waals surface area contributed by atoms with E-state index in [1.54, 1.807) is 0 Å². The summed E-state index contributed by atoms with van der Waals surface area (Å²) in [5.41, 5.74) is 1.94. The van der Waals surface area contributed by atoms with Crippen LogP contribution in [0.5, 0.6) is 0 Å². The number of aryl methyl sites for hydroxylation is 1. The van der Waals surface area contributed by atoms with Crippen molar-refractivity contribution in [3.8, 4) is 11.5 Å². The third-order valence-corrected chi connectivity index (χ3v) is 5.26. The Morgan fingerprint density at radius 3 is 2.89 bits per heavy atom. The summed E-state index contributed by atoms with van der Waals surface area (Å²) in [6.45, 7) is 7.02. The second-order valence-electron chi connectivity index (χ2n) is 7.20. The van der Waals surface area contributed by atoms with Crippen molar-refractivity contribution in [3.05, 3.63) is 53.9 Å². The number of amides is 1. The van der Waals surface area contributed by atoms with E-state index in [0.29, 0.717) is 12.4 Å². The Morgan fingerprint density at radius 1 is 1.26 bits per heavy atom. The van der Waals surface area contributed by atoms with Crippen LogP contribution in [0.15, 0.2) is 46.9 Å². The highest BCUT2D eigenvalue weighted by Gasteiger charge is 2.28. The van der Waals surface area contributed by atoms with Gasteiger partial charge in [0, 0.05) is 25.2 Å². The van der Waals surface area contributed by atoms with Crippen LogP contribution >= 0.6 is 0 Å². The van der Waals surface area contributed by atoms with Crippen molar-refractivity contribution in [2.75, 3.05) is 19.6 Å².